The lowest BCUT2D eigenvalue weighted by Gasteiger charge is -2.12. The Morgan fingerprint density at radius 3 is 2.43 bits per heavy atom. The monoisotopic (exact) mass is 319 g/mol. The Kier molecular flexibility index (Phi) is 3.70. The van der Waals surface area contributed by atoms with Gasteiger partial charge in [0, 0.05) is 19.3 Å². The van der Waals surface area contributed by atoms with E-state index in [9.17, 15) is 21.6 Å². The van der Waals surface area contributed by atoms with Crippen molar-refractivity contribution in [3.63, 3.8) is 0 Å². The zero-order valence-corrected chi connectivity index (χ0v) is 12.0. The van der Waals surface area contributed by atoms with Crippen molar-refractivity contribution in [1.82, 2.24) is 9.78 Å². The van der Waals surface area contributed by atoms with E-state index in [1.807, 2.05) is 0 Å². The summed E-state index contributed by atoms with van der Waals surface area (Å²) in [4.78, 5) is -0.467. The van der Waals surface area contributed by atoms with Crippen molar-refractivity contribution in [3.05, 3.63) is 41.6 Å². The van der Waals surface area contributed by atoms with Crippen LogP contribution in [0.15, 0.2) is 35.4 Å². The van der Waals surface area contributed by atoms with Gasteiger partial charge < -0.3 is 0 Å². The molecule has 1 aromatic heterocycles. The van der Waals surface area contributed by atoms with Gasteiger partial charge in [-0.25, -0.2) is 8.42 Å². The summed E-state index contributed by atoms with van der Waals surface area (Å²) in [5.74, 6) is 0.0339. The molecule has 0 aliphatic heterocycles. The van der Waals surface area contributed by atoms with Gasteiger partial charge in [-0.1, -0.05) is 6.07 Å². The third kappa shape index (κ3) is 3.35. The normalized spacial score (nSPS) is 12.4. The molecule has 0 aliphatic carbocycles. The van der Waals surface area contributed by atoms with E-state index in [-0.39, 0.29) is 11.4 Å². The molecule has 1 aromatic carbocycles. The molecule has 0 saturated heterocycles. The molecule has 0 saturated carbocycles. The predicted octanol–water partition coefficient (Wildman–Crippen LogP) is 2.55. The van der Waals surface area contributed by atoms with Gasteiger partial charge in [-0.15, -0.1) is 0 Å². The first kappa shape index (κ1) is 15.4. The van der Waals surface area contributed by atoms with Crippen LogP contribution in [0.1, 0.15) is 11.1 Å². The number of rotatable bonds is 3. The van der Waals surface area contributed by atoms with E-state index >= 15 is 0 Å². The van der Waals surface area contributed by atoms with Gasteiger partial charge in [0.1, 0.15) is 0 Å². The highest BCUT2D eigenvalue weighted by atomic mass is 32.2. The van der Waals surface area contributed by atoms with Crippen molar-refractivity contribution in [2.45, 2.75) is 18.0 Å². The number of nitrogens with one attached hydrogen (secondary N) is 1. The Labute approximate surface area is 119 Å². The lowest BCUT2D eigenvalue weighted by Crippen LogP contribution is -2.16. The van der Waals surface area contributed by atoms with Crippen molar-refractivity contribution >= 4 is 15.8 Å². The third-order valence-corrected chi connectivity index (χ3v) is 4.13. The van der Waals surface area contributed by atoms with Crippen molar-refractivity contribution < 1.29 is 21.6 Å². The van der Waals surface area contributed by atoms with Gasteiger partial charge >= 0.3 is 6.18 Å². The summed E-state index contributed by atoms with van der Waals surface area (Å²) in [6.45, 7) is 1.27. The minimum atomic E-state index is -4.61. The highest BCUT2D eigenvalue weighted by Gasteiger charge is 2.33. The number of anilines is 1. The fourth-order valence-electron chi connectivity index (χ4n) is 1.74. The van der Waals surface area contributed by atoms with Gasteiger partial charge in [0.15, 0.2) is 5.82 Å². The first-order valence-electron chi connectivity index (χ1n) is 5.80. The fraction of sp³-hybridized carbons (Fsp3) is 0.250. The van der Waals surface area contributed by atoms with Crippen LogP contribution in [0.5, 0.6) is 0 Å². The molecule has 2 rings (SSSR count). The topological polar surface area (TPSA) is 64.0 Å². The predicted molar refractivity (Wildman–Crippen MR) is 70.2 cm³/mol. The number of aromatic nitrogens is 2. The van der Waals surface area contributed by atoms with E-state index in [2.05, 4.69) is 9.82 Å². The highest BCUT2D eigenvalue weighted by Crippen LogP contribution is 2.33. The molecule has 0 bridgehead atoms. The van der Waals surface area contributed by atoms with Crippen LogP contribution in [0.4, 0.5) is 19.0 Å². The van der Waals surface area contributed by atoms with Gasteiger partial charge in [-0.3, -0.25) is 9.40 Å². The van der Waals surface area contributed by atoms with Crippen molar-refractivity contribution in [1.29, 1.82) is 0 Å². The van der Waals surface area contributed by atoms with Crippen molar-refractivity contribution in [3.8, 4) is 0 Å². The number of aryl methyl sites for hydroxylation is 2. The number of alkyl halides is 3. The van der Waals surface area contributed by atoms with E-state index in [4.69, 9.17) is 0 Å². The average molecular weight is 319 g/mol. The van der Waals surface area contributed by atoms with Crippen LogP contribution in [0.2, 0.25) is 0 Å². The summed E-state index contributed by atoms with van der Waals surface area (Å²) < 4.78 is 66.1. The maximum absolute atomic E-state index is 12.8. The molecule has 5 nitrogen and oxygen atoms in total. The van der Waals surface area contributed by atoms with Crippen molar-refractivity contribution in [2.75, 3.05) is 4.72 Å². The van der Waals surface area contributed by atoms with Crippen LogP contribution < -0.4 is 4.72 Å². The van der Waals surface area contributed by atoms with Crippen LogP contribution >= 0.6 is 0 Å². The molecular weight excluding hydrogens is 307 g/mol. The van der Waals surface area contributed by atoms with Crippen LogP contribution in [0.3, 0.4) is 0 Å². The second-order valence-electron chi connectivity index (χ2n) is 4.45. The largest absolute Gasteiger partial charge is 0.416 e. The highest BCUT2D eigenvalue weighted by molar-refractivity contribution is 7.92. The Bertz CT molecular complexity index is 766. The molecule has 0 radical (unpaired) electrons. The summed E-state index contributed by atoms with van der Waals surface area (Å²) in [6.07, 6.45) is -3.10. The van der Waals surface area contributed by atoms with Crippen LogP contribution in [0.25, 0.3) is 0 Å². The number of halogens is 3. The minimum Gasteiger partial charge on any atom is -0.274 e. The second-order valence-corrected chi connectivity index (χ2v) is 6.14. The van der Waals surface area contributed by atoms with Gasteiger partial charge in [-0.2, -0.15) is 18.3 Å². The lowest BCUT2D eigenvalue weighted by atomic mass is 10.1. The molecule has 2 aromatic rings. The lowest BCUT2D eigenvalue weighted by molar-refractivity contribution is -0.138. The molecule has 9 heteroatoms. The Balaban J connectivity index is 2.41. The Morgan fingerprint density at radius 2 is 1.90 bits per heavy atom. The standard InChI is InChI=1S/C12H12F3N3O2S/c1-8-3-4-9(7-10(8)12(13,14)15)21(19,20)17-11-5-6-18(2)16-11/h3-7H,1-2H3,(H,16,17). The third-order valence-electron chi connectivity index (χ3n) is 2.78. The fourth-order valence-corrected chi connectivity index (χ4v) is 2.76. The summed E-state index contributed by atoms with van der Waals surface area (Å²) in [5.41, 5.74) is -1.02. The molecule has 1 N–H and O–H groups in total. The zero-order valence-electron chi connectivity index (χ0n) is 11.1. The Hall–Kier alpha value is -2.03. The van der Waals surface area contributed by atoms with Crippen molar-refractivity contribution in [2.24, 2.45) is 7.05 Å². The molecule has 0 aliphatic rings. The molecule has 0 fully saturated rings. The maximum Gasteiger partial charge on any atom is 0.416 e. The smallest absolute Gasteiger partial charge is 0.274 e. The molecule has 114 valence electrons. The van der Waals surface area contributed by atoms with E-state index in [1.165, 1.54) is 23.9 Å². The van der Waals surface area contributed by atoms with E-state index in [0.717, 1.165) is 12.1 Å². The molecule has 0 unspecified atom stereocenters. The Morgan fingerprint density at radius 1 is 1.24 bits per heavy atom. The van der Waals surface area contributed by atoms with E-state index in [0.29, 0.717) is 6.07 Å². The zero-order chi connectivity index (χ0) is 15.8. The summed E-state index contributed by atoms with van der Waals surface area (Å²) in [6, 6.07) is 4.25. The number of benzene rings is 1. The number of hydrogen-bond acceptors (Lipinski definition) is 3. The first-order chi connectivity index (χ1) is 9.59. The molecule has 1 heterocycles. The molecule has 0 amide bonds. The second kappa shape index (κ2) is 5.06. The van der Waals surface area contributed by atoms with Crippen LogP contribution in [0, 0.1) is 6.92 Å². The molecule has 0 atom stereocenters. The summed E-state index contributed by atoms with van der Waals surface area (Å²) in [5, 5.41) is 3.81. The van der Waals surface area contributed by atoms with Gasteiger partial charge in [0.25, 0.3) is 10.0 Å². The van der Waals surface area contributed by atoms with Gasteiger partial charge in [0.2, 0.25) is 0 Å². The maximum atomic E-state index is 12.8. The van der Waals surface area contributed by atoms with Gasteiger partial charge in [-0.05, 0) is 24.6 Å². The molecule has 21 heavy (non-hydrogen) atoms. The first-order valence-corrected chi connectivity index (χ1v) is 7.28. The van der Waals surface area contributed by atoms with E-state index in [1.54, 1.807) is 7.05 Å². The van der Waals surface area contributed by atoms with Gasteiger partial charge in [0.05, 0.1) is 10.5 Å². The number of nitrogens with zero attached hydrogens (tertiary/aromatic N) is 2. The SMILES string of the molecule is Cc1ccc(S(=O)(=O)Nc2ccn(C)n2)cc1C(F)(F)F. The average Bonchev–Trinajstić information content (AvgIpc) is 2.72. The van der Waals surface area contributed by atoms with E-state index < -0.39 is 26.7 Å². The van der Waals surface area contributed by atoms with Crippen LogP contribution in [-0.2, 0) is 23.2 Å². The summed E-state index contributed by atoms with van der Waals surface area (Å²) >= 11 is 0. The number of sulfonamides is 1. The number of hydrogen-bond donors (Lipinski definition) is 1. The molecular formula is C12H12F3N3O2S. The van der Waals surface area contributed by atoms with Crippen LogP contribution in [-0.4, -0.2) is 18.2 Å². The molecule has 0 spiro atoms. The summed E-state index contributed by atoms with van der Waals surface area (Å²) in [7, 11) is -2.54. The minimum absolute atomic E-state index is 0.0339. The quantitative estimate of drug-likeness (QED) is 0.945.